The lowest BCUT2D eigenvalue weighted by Crippen LogP contribution is -2.55. The number of carbonyl (C=O) groups is 3. The van der Waals surface area contributed by atoms with Gasteiger partial charge >= 0.3 is 11.9 Å². The van der Waals surface area contributed by atoms with Crippen molar-refractivity contribution in [3.63, 3.8) is 0 Å². The topological polar surface area (TPSA) is 102 Å². The fraction of sp³-hybridized carbons (Fsp3) is 0.634. The Morgan fingerprint density at radius 3 is 1.69 bits per heavy atom. The van der Waals surface area contributed by atoms with Crippen LogP contribution in [0.1, 0.15) is 117 Å². The number of carboxylic acids is 1. The van der Waals surface area contributed by atoms with Gasteiger partial charge in [-0.2, -0.15) is 0 Å². The number of likely N-dealkylation sites (N-methyl/N-ethyl adjacent to an activating group) is 1. The number of hydrogen-bond acceptors (Lipinski definition) is 7. The second-order valence-corrected chi connectivity index (χ2v) is 13.2. The minimum absolute atomic E-state index is 0.0227. The van der Waals surface area contributed by atoms with E-state index in [1.54, 1.807) is 21.1 Å². The van der Waals surface area contributed by atoms with Gasteiger partial charge in [0.1, 0.15) is 12.6 Å². The number of hydrogen-bond donors (Lipinski definition) is 0. The van der Waals surface area contributed by atoms with E-state index in [9.17, 15) is 19.5 Å². The Bertz CT molecular complexity index is 1030. The molecule has 0 aromatic rings. The van der Waals surface area contributed by atoms with E-state index < -0.39 is 18.1 Å². The van der Waals surface area contributed by atoms with Crippen molar-refractivity contribution in [2.24, 2.45) is 0 Å². The van der Waals surface area contributed by atoms with Crippen molar-refractivity contribution in [1.82, 2.24) is 0 Å². The summed E-state index contributed by atoms with van der Waals surface area (Å²) in [6.45, 7) is 4.40. The van der Waals surface area contributed by atoms with E-state index in [1.165, 1.54) is 32.1 Å². The van der Waals surface area contributed by atoms with Crippen molar-refractivity contribution in [2.75, 3.05) is 41.0 Å². The van der Waals surface area contributed by atoms with E-state index in [1.807, 2.05) is 60.8 Å². The van der Waals surface area contributed by atoms with Crippen LogP contribution >= 0.6 is 0 Å². The smallest absolute Gasteiger partial charge is 0.306 e. The first-order valence-electron chi connectivity index (χ1n) is 18.5. The Morgan fingerprint density at radius 1 is 0.633 bits per heavy atom. The zero-order chi connectivity index (χ0) is 36.4. The van der Waals surface area contributed by atoms with Gasteiger partial charge in [-0.25, -0.2) is 0 Å². The third kappa shape index (κ3) is 30.6. The predicted molar refractivity (Wildman–Crippen MR) is 199 cm³/mol. The Morgan fingerprint density at radius 2 is 1.14 bits per heavy atom. The molecule has 8 heteroatoms. The Balaban J connectivity index is 4.50. The molecule has 2 unspecified atom stereocenters. The number of quaternary nitrogens is 1. The fourth-order valence-corrected chi connectivity index (χ4v) is 4.86. The minimum Gasteiger partial charge on any atom is -0.544 e. The number of unbranched alkanes of at least 4 members (excludes halogenated alkanes) is 10. The summed E-state index contributed by atoms with van der Waals surface area (Å²) < 4.78 is 17.0. The first-order chi connectivity index (χ1) is 23.6. The van der Waals surface area contributed by atoms with Gasteiger partial charge in [0.25, 0.3) is 0 Å². The van der Waals surface area contributed by atoms with Crippen LogP contribution in [0.2, 0.25) is 0 Å². The van der Waals surface area contributed by atoms with Crippen LogP contribution in [0, 0.1) is 0 Å². The summed E-state index contributed by atoms with van der Waals surface area (Å²) in [7, 11) is 5.37. The fourth-order valence-electron chi connectivity index (χ4n) is 4.86. The van der Waals surface area contributed by atoms with Crippen molar-refractivity contribution >= 4 is 17.9 Å². The Labute approximate surface area is 298 Å². The molecular formula is C41H67NO7. The average Bonchev–Trinajstić information content (AvgIpc) is 3.05. The molecule has 0 rings (SSSR count). The van der Waals surface area contributed by atoms with E-state index >= 15 is 0 Å². The molecule has 0 N–H and O–H groups in total. The second kappa shape index (κ2) is 32.0. The molecule has 0 aliphatic carbocycles. The lowest BCUT2D eigenvalue weighted by Gasteiger charge is -2.34. The molecule has 0 aromatic carbocycles. The standard InChI is InChI=1S/C41H67NO7/c1-6-8-10-12-14-16-17-18-19-20-21-22-23-24-26-27-29-31-39(43)48-36-37(35-47-34-33-38(41(45)46)42(3,4)5)49-40(44)32-30-28-25-15-13-11-9-7-2/h8,10,12,14,16-23,37-38H,6-7,9,11,13,15,24-36H2,1-5H3/b10-8+,14-12+,17-16+,19-18+,21-20+,23-22+. The second-order valence-electron chi connectivity index (χ2n) is 13.2. The van der Waals surface area contributed by atoms with Crippen LogP contribution < -0.4 is 5.11 Å². The molecule has 0 aliphatic rings. The number of aliphatic carboxylic acids is 1. The molecule has 0 amide bonds. The van der Waals surface area contributed by atoms with Gasteiger partial charge in [-0.15, -0.1) is 0 Å². The van der Waals surface area contributed by atoms with E-state index in [2.05, 4.69) is 26.0 Å². The molecule has 278 valence electrons. The molecule has 2 atom stereocenters. The highest BCUT2D eigenvalue weighted by Gasteiger charge is 2.25. The summed E-state index contributed by atoms with van der Waals surface area (Å²) in [5.41, 5.74) is 0. The summed E-state index contributed by atoms with van der Waals surface area (Å²) in [5.74, 6) is -1.81. The van der Waals surface area contributed by atoms with E-state index in [0.29, 0.717) is 12.8 Å². The van der Waals surface area contributed by atoms with Crippen LogP contribution in [0.25, 0.3) is 0 Å². The van der Waals surface area contributed by atoms with Gasteiger partial charge in [-0.05, 0) is 32.1 Å². The maximum Gasteiger partial charge on any atom is 0.306 e. The molecule has 0 fully saturated rings. The molecule has 0 aromatic heterocycles. The highest BCUT2D eigenvalue weighted by atomic mass is 16.6. The van der Waals surface area contributed by atoms with E-state index in [0.717, 1.165) is 51.4 Å². The van der Waals surface area contributed by atoms with E-state index in [4.69, 9.17) is 14.2 Å². The van der Waals surface area contributed by atoms with Crippen LogP contribution in [0.4, 0.5) is 0 Å². The first-order valence-corrected chi connectivity index (χ1v) is 18.5. The van der Waals surface area contributed by atoms with E-state index in [-0.39, 0.29) is 42.7 Å². The molecule has 0 saturated carbocycles. The SMILES string of the molecule is CC/C=C/C=C/C=C/C=C/C=C/C=C/CCCCCC(=O)OCC(COCCC(C(=O)[O-])[N+](C)(C)C)OC(=O)CCCCCCCCCC. The largest absolute Gasteiger partial charge is 0.544 e. The third-order valence-electron chi connectivity index (χ3n) is 7.77. The quantitative estimate of drug-likeness (QED) is 0.0316. The number of allylic oxidation sites excluding steroid dienone is 12. The van der Waals surface area contributed by atoms with Crippen LogP contribution in [-0.2, 0) is 28.6 Å². The summed E-state index contributed by atoms with van der Waals surface area (Å²) in [5, 5.41) is 11.6. The van der Waals surface area contributed by atoms with Crippen molar-refractivity contribution in [3.8, 4) is 0 Å². The van der Waals surface area contributed by atoms with Crippen LogP contribution in [0.3, 0.4) is 0 Å². The predicted octanol–water partition coefficient (Wildman–Crippen LogP) is 7.90. The summed E-state index contributed by atoms with van der Waals surface area (Å²) in [4.78, 5) is 36.5. The highest BCUT2D eigenvalue weighted by Crippen LogP contribution is 2.12. The molecule has 8 nitrogen and oxygen atoms in total. The number of nitrogens with zero attached hydrogens (tertiary/aromatic N) is 1. The molecule has 0 bridgehead atoms. The number of esters is 2. The summed E-state index contributed by atoms with van der Waals surface area (Å²) in [6.07, 6.45) is 37.9. The van der Waals surface area contributed by atoms with Crippen molar-refractivity contribution < 1.29 is 38.2 Å². The summed E-state index contributed by atoms with van der Waals surface area (Å²) in [6, 6.07) is -0.733. The number of carbonyl (C=O) groups excluding carboxylic acids is 3. The number of carboxylic acid groups (broad SMARTS) is 1. The maximum absolute atomic E-state index is 12.6. The molecule has 0 heterocycles. The maximum atomic E-state index is 12.6. The monoisotopic (exact) mass is 685 g/mol. The molecular weight excluding hydrogens is 618 g/mol. The van der Waals surface area contributed by atoms with Crippen molar-refractivity contribution in [1.29, 1.82) is 0 Å². The first kappa shape index (κ1) is 45.8. The molecule has 0 aliphatic heterocycles. The lowest BCUT2D eigenvalue weighted by molar-refractivity contribution is -0.889. The zero-order valence-corrected chi connectivity index (χ0v) is 31.3. The Kier molecular flexibility index (Phi) is 29.9. The minimum atomic E-state index is -1.14. The molecule has 49 heavy (non-hydrogen) atoms. The molecule has 0 radical (unpaired) electrons. The average molecular weight is 686 g/mol. The van der Waals surface area contributed by atoms with Crippen LogP contribution in [0.15, 0.2) is 72.9 Å². The summed E-state index contributed by atoms with van der Waals surface area (Å²) >= 11 is 0. The van der Waals surface area contributed by atoms with Crippen molar-refractivity contribution in [2.45, 2.75) is 129 Å². The van der Waals surface area contributed by atoms with Gasteiger partial charge in [-0.1, -0.05) is 138 Å². The third-order valence-corrected chi connectivity index (χ3v) is 7.77. The Hall–Kier alpha value is -3.23. The molecule has 0 saturated heterocycles. The van der Waals surface area contributed by atoms with Crippen LogP contribution in [-0.4, -0.2) is 75.5 Å². The van der Waals surface area contributed by atoms with Gasteiger partial charge in [-0.3, -0.25) is 9.59 Å². The van der Waals surface area contributed by atoms with Gasteiger partial charge < -0.3 is 28.6 Å². The van der Waals surface area contributed by atoms with Gasteiger partial charge in [0.15, 0.2) is 6.10 Å². The normalized spacial score (nSPS) is 13.9. The zero-order valence-electron chi connectivity index (χ0n) is 31.3. The lowest BCUT2D eigenvalue weighted by atomic mass is 10.1. The van der Waals surface area contributed by atoms with Crippen molar-refractivity contribution in [3.05, 3.63) is 72.9 Å². The highest BCUT2D eigenvalue weighted by molar-refractivity contribution is 5.70. The number of rotatable bonds is 31. The number of ether oxygens (including phenoxy) is 3. The van der Waals surface area contributed by atoms with Gasteiger partial charge in [0.2, 0.25) is 0 Å². The molecule has 0 spiro atoms. The van der Waals surface area contributed by atoms with Gasteiger partial charge in [0.05, 0.1) is 40.3 Å². The van der Waals surface area contributed by atoms with Gasteiger partial charge in [0, 0.05) is 19.3 Å². The van der Waals surface area contributed by atoms with Crippen LogP contribution in [0.5, 0.6) is 0 Å².